The standard InChI is InChI=1S/C11H14BrN5/c1-4-10-14-9(12)5-11(15-10)13-8-6-17(3)16-7(8)2/h5-6H,4H2,1-3H3,(H,13,14,15). The van der Waals surface area contributed by atoms with Crippen LogP contribution in [-0.4, -0.2) is 19.7 Å². The van der Waals surface area contributed by atoms with Crippen molar-refractivity contribution in [2.75, 3.05) is 5.32 Å². The maximum atomic E-state index is 4.41. The van der Waals surface area contributed by atoms with Gasteiger partial charge in [0.25, 0.3) is 0 Å². The Labute approximate surface area is 108 Å². The van der Waals surface area contributed by atoms with Gasteiger partial charge in [0.2, 0.25) is 0 Å². The molecule has 0 saturated carbocycles. The highest BCUT2D eigenvalue weighted by Gasteiger charge is 2.06. The Kier molecular flexibility index (Phi) is 3.42. The maximum absolute atomic E-state index is 4.41. The van der Waals surface area contributed by atoms with Crippen molar-refractivity contribution >= 4 is 27.4 Å². The molecule has 0 unspecified atom stereocenters. The van der Waals surface area contributed by atoms with Crippen LogP contribution in [0.25, 0.3) is 0 Å². The number of anilines is 2. The molecule has 5 nitrogen and oxygen atoms in total. The van der Waals surface area contributed by atoms with Crippen LogP contribution >= 0.6 is 15.9 Å². The number of hydrogen-bond donors (Lipinski definition) is 1. The minimum atomic E-state index is 0.778. The highest BCUT2D eigenvalue weighted by molar-refractivity contribution is 9.10. The lowest BCUT2D eigenvalue weighted by molar-refractivity contribution is 0.756. The number of rotatable bonds is 3. The second-order valence-electron chi connectivity index (χ2n) is 3.77. The van der Waals surface area contributed by atoms with Crippen molar-refractivity contribution in [1.29, 1.82) is 0 Å². The van der Waals surface area contributed by atoms with E-state index in [0.717, 1.165) is 34.0 Å². The topological polar surface area (TPSA) is 55.6 Å². The van der Waals surface area contributed by atoms with Crippen molar-refractivity contribution in [3.05, 3.63) is 28.4 Å². The summed E-state index contributed by atoms with van der Waals surface area (Å²) in [5.41, 5.74) is 1.90. The van der Waals surface area contributed by atoms with Gasteiger partial charge in [-0.15, -0.1) is 0 Å². The van der Waals surface area contributed by atoms with Crippen molar-refractivity contribution in [3.8, 4) is 0 Å². The van der Waals surface area contributed by atoms with Gasteiger partial charge in [-0.25, -0.2) is 9.97 Å². The molecule has 0 aliphatic heterocycles. The van der Waals surface area contributed by atoms with Crippen molar-refractivity contribution in [2.45, 2.75) is 20.3 Å². The van der Waals surface area contributed by atoms with Crippen LogP contribution in [0.2, 0.25) is 0 Å². The van der Waals surface area contributed by atoms with E-state index >= 15 is 0 Å². The van der Waals surface area contributed by atoms with Crippen LogP contribution in [0.1, 0.15) is 18.4 Å². The molecule has 1 N–H and O–H groups in total. The molecule has 0 aliphatic carbocycles. The molecule has 6 heteroatoms. The Morgan fingerprint density at radius 3 is 2.76 bits per heavy atom. The molecular formula is C11H14BrN5. The molecule has 2 heterocycles. The molecule has 0 radical (unpaired) electrons. The average molecular weight is 296 g/mol. The van der Waals surface area contributed by atoms with Gasteiger partial charge in [0.05, 0.1) is 11.4 Å². The number of aryl methyl sites for hydroxylation is 3. The van der Waals surface area contributed by atoms with Crippen LogP contribution in [0.3, 0.4) is 0 Å². The lowest BCUT2D eigenvalue weighted by atomic mass is 10.4. The van der Waals surface area contributed by atoms with Crippen LogP contribution in [0.5, 0.6) is 0 Å². The minimum Gasteiger partial charge on any atom is -0.337 e. The summed E-state index contributed by atoms with van der Waals surface area (Å²) in [6, 6.07) is 1.85. The largest absolute Gasteiger partial charge is 0.337 e. The molecule has 17 heavy (non-hydrogen) atoms. The second kappa shape index (κ2) is 4.83. The molecule has 2 aromatic heterocycles. The first-order chi connectivity index (χ1) is 8.08. The fourth-order valence-electron chi connectivity index (χ4n) is 1.55. The van der Waals surface area contributed by atoms with Gasteiger partial charge < -0.3 is 5.32 Å². The highest BCUT2D eigenvalue weighted by Crippen LogP contribution is 2.20. The second-order valence-corrected chi connectivity index (χ2v) is 4.59. The molecule has 0 amide bonds. The number of aromatic nitrogens is 4. The fourth-order valence-corrected chi connectivity index (χ4v) is 1.97. The SMILES string of the molecule is CCc1nc(Br)cc(Nc2cn(C)nc2C)n1. The number of nitrogens with one attached hydrogen (secondary N) is 1. The van der Waals surface area contributed by atoms with E-state index in [0.29, 0.717) is 0 Å². The molecule has 90 valence electrons. The van der Waals surface area contributed by atoms with E-state index in [1.165, 1.54) is 0 Å². The molecule has 0 atom stereocenters. The molecule has 0 fully saturated rings. The van der Waals surface area contributed by atoms with Gasteiger partial charge in [-0.05, 0) is 22.9 Å². The summed E-state index contributed by atoms with van der Waals surface area (Å²) in [5.74, 6) is 1.59. The molecule has 0 saturated heterocycles. The Morgan fingerprint density at radius 2 is 2.18 bits per heavy atom. The van der Waals surface area contributed by atoms with Gasteiger partial charge in [-0.2, -0.15) is 5.10 Å². The van der Waals surface area contributed by atoms with Gasteiger partial charge in [0, 0.05) is 25.7 Å². The van der Waals surface area contributed by atoms with Crippen molar-refractivity contribution < 1.29 is 0 Å². The van der Waals surface area contributed by atoms with E-state index in [9.17, 15) is 0 Å². The van der Waals surface area contributed by atoms with E-state index in [-0.39, 0.29) is 0 Å². The first-order valence-corrected chi connectivity index (χ1v) is 6.18. The van der Waals surface area contributed by atoms with Crippen LogP contribution in [0, 0.1) is 6.92 Å². The third-order valence-corrected chi connectivity index (χ3v) is 2.74. The molecule has 2 rings (SSSR count). The summed E-state index contributed by atoms with van der Waals surface area (Å²) in [6.07, 6.45) is 2.73. The van der Waals surface area contributed by atoms with Gasteiger partial charge >= 0.3 is 0 Å². The van der Waals surface area contributed by atoms with Crippen LogP contribution < -0.4 is 5.32 Å². The molecule has 0 aliphatic rings. The molecule has 2 aromatic rings. The van der Waals surface area contributed by atoms with E-state index in [1.807, 2.05) is 33.2 Å². The Morgan fingerprint density at radius 1 is 1.41 bits per heavy atom. The molecule has 0 spiro atoms. The molecule has 0 bridgehead atoms. The maximum Gasteiger partial charge on any atom is 0.135 e. The predicted octanol–water partition coefficient (Wildman–Crippen LogP) is 2.59. The zero-order valence-corrected chi connectivity index (χ0v) is 11.6. The Bertz CT molecular complexity index is 535. The third kappa shape index (κ3) is 2.82. The zero-order valence-electron chi connectivity index (χ0n) is 10.0. The van der Waals surface area contributed by atoms with E-state index in [4.69, 9.17) is 0 Å². The molecule has 0 aromatic carbocycles. The summed E-state index contributed by atoms with van der Waals surface area (Å²) in [6.45, 7) is 3.99. The summed E-state index contributed by atoms with van der Waals surface area (Å²) in [5, 5.41) is 7.52. The van der Waals surface area contributed by atoms with Crippen LogP contribution in [0.15, 0.2) is 16.9 Å². The van der Waals surface area contributed by atoms with Gasteiger partial charge in [-0.3, -0.25) is 4.68 Å². The van der Waals surface area contributed by atoms with Crippen molar-refractivity contribution in [2.24, 2.45) is 7.05 Å². The summed E-state index contributed by atoms with van der Waals surface area (Å²) in [7, 11) is 1.89. The zero-order chi connectivity index (χ0) is 12.4. The Hall–Kier alpha value is -1.43. The summed E-state index contributed by atoms with van der Waals surface area (Å²) < 4.78 is 2.56. The first kappa shape index (κ1) is 12.0. The average Bonchev–Trinajstić information content (AvgIpc) is 2.56. The first-order valence-electron chi connectivity index (χ1n) is 5.39. The Balaban J connectivity index is 2.29. The number of halogens is 1. The lowest BCUT2D eigenvalue weighted by Gasteiger charge is -2.05. The van der Waals surface area contributed by atoms with E-state index in [2.05, 4.69) is 36.3 Å². The normalized spacial score (nSPS) is 10.6. The third-order valence-electron chi connectivity index (χ3n) is 2.33. The summed E-state index contributed by atoms with van der Waals surface area (Å²) >= 11 is 3.38. The van der Waals surface area contributed by atoms with E-state index in [1.54, 1.807) is 4.68 Å². The minimum absolute atomic E-state index is 0.778. The fraction of sp³-hybridized carbons (Fsp3) is 0.364. The van der Waals surface area contributed by atoms with E-state index < -0.39 is 0 Å². The van der Waals surface area contributed by atoms with Gasteiger partial charge in [0.1, 0.15) is 16.2 Å². The van der Waals surface area contributed by atoms with Gasteiger partial charge in [-0.1, -0.05) is 6.92 Å². The number of hydrogen-bond acceptors (Lipinski definition) is 4. The lowest BCUT2D eigenvalue weighted by Crippen LogP contribution is -1.99. The van der Waals surface area contributed by atoms with Crippen molar-refractivity contribution in [3.63, 3.8) is 0 Å². The van der Waals surface area contributed by atoms with Crippen LogP contribution in [-0.2, 0) is 13.5 Å². The quantitative estimate of drug-likeness (QED) is 0.885. The van der Waals surface area contributed by atoms with Gasteiger partial charge in [0.15, 0.2) is 0 Å². The monoisotopic (exact) mass is 295 g/mol. The predicted molar refractivity (Wildman–Crippen MR) is 70.3 cm³/mol. The number of nitrogens with zero attached hydrogens (tertiary/aromatic N) is 4. The highest BCUT2D eigenvalue weighted by atomic mass is 79.9. The molecular weight excluding hydrogens is 282 g/mol. The smallest absolute Gasteiger partial charge is 0.135 e. The summed E-state index contributed by atoms with van der Waals surface area (Å²) in [4.78, 5) is 8.67. The van der Waals surface area contributed by atoms with Crippen molar-refractivity contribution in [1.82, 2.24) is 19.7 Å². The van der Waals surface area contributed by atoms with Crippen LogP contribution in [0.4, 0.5) is 11.5 Å².